The van der Waals surface area contributed by atoms with E-state index in [1.807, 2.05) is 0 Å². The van der Waals surface area contributed by atoms with Crippen LogP contribution in [0.1, 0.15) is 18.4 Å². The summed E-state index contributed by atoms with van der Waals surface area (Å²) in [5, 5.41) is 0. The molecule has 2 rings (SSSR count). The number of hydrogen-bond acceptors (Lipinski definition) is 4. The van der Waals surface area contributed by atoms with Gasteiger partial charge < -0.3 is 5.73 Å². The van der Waals surface area contributed by atoms with Crippen molar-refractivity contribution in [3.63, 3.8) is 0 Å². The highest BCUT2D eigenvalue weighted by Crippen LogP contribution is 2.32. The molecular weight excluding hydrogens is 524 g/mol. The second kappa shape index (κ2) is 9.29. The highest BCUT2D eigenvalue weighted by atomic mass is 79.9. The monoisotopic (exact) mass is 536 g/mol. The number of primary amides is 1. The second-order valence-electron chi connectivity index (χ2n) is 5.92. The molecule has 1 unspecified atom stereocenters. The van der Waals surface area contributed by atoms with Crippen molar-refractivity contribution in [1.82, 2.24) is 4.31 Å². The van der Waals surface area contributed by atoms with E-state index >= 15 is 0 Å². The largest absolute Gasteiger partial charge is 0.389 e. The van der Waals surface area contributed by atoms with Crippen molar-refractivity contribution < 1.29 is 30.8 Å². The number of benzene rings is 1. The predicted molar refractivity (Wildman–Crippen MR) is 104 cm³/mol. The van der Waals surface area contributed by atoms with E-state index in [0.29, 0.717) is 20.1 Å². The Kier molecular flexibility index (Phi) is 7.71. The Hall–Kier alpha value is -1.21. The molecule has 1 atom stereocenters. The van der Waals surface area contributed by atoms with E-state index in [9.17, 15) is 30.8 Å². The zero-order valence-electron chi connectivity index (χ0n) is 14.4. The predicted octanol–water partition coefficient (Wildman–Crippen LogP) is 4.69. The lowest BCUT2D eigenvalue weighted by Gasteiger charge is -2.29. The van der Waals surface area contributed by atoms with E-state index in [-0.39, 0.29) is 14.1 Å². The minimum absolute atomic E-state index is 0.115. The van der Waals surface area contributed by atoms with Crippen LogP contribution in [-0.2, 0) is 21.4 Å². The fraction of sp³-hybridized carbons (Fsp3) is 0.312. The molecule has 0 bridgehead atoms. The molecule has 0 radical (unpaired) electrons. The summed E-state index contributed by atoms with van der Waals surface area (Å²) in [5.74, 6) is -2.08. The number of sulfonamides is 1. The standard InChI is InChI=1S/C16H14BrClF4N2O3S2/c17-10-2-1-9(11(19)7-10)8-24(12(15(23)25)5-6-16(20,21)22)29(26,27)14-4-3-13(18)28-14/h1-4,7,12H,5-6,8H2,(H2,23,25). The van der Waals surface area contributed by atoms with E-state index < -0.39 is 53.4 Å². The second-order valence-corrected chi connectivity index (χ2v) is 10.7. The van der Waals surface area contributed by atoms with Crippen molar-refractivity contribution in [2.45, 2.75) is 35.8 Å². The van der Waals surface area contributed by atoms with Crippen LogP contribution in [0.4, 0.5) is 17.6 Å². The Morgan fingerprint density at radius 3 is 2.41 bits per heavy atom. The fourth-order valence-corrected chi connectivity index (χ4v) is 6.01. The van der Waals surface area contributed by atoms with Crippen LogP contribution in [0.5, 0.6) is 0 Å². The average molecular weight is 538 g/mol. The van der Waals surface area contributed by atoms with Gasteiger partial charge in [-0.1, -0.05) is 33.6 Å². The molecule has 2 aromatic rings. The summed E-state index contributed by atoms with van der Waals surface area (Å²) >= 11 is 9.48. The normalized spacial score (nSPS) is 13.6. The van der Waals surface area contributed by atoms with Gasteiger partial charge in [-0.2, -0.15) is 17.5 Å². The number of nitrogens with two attached hydrogens (primary N) is 1. The van der Waals surface area contributed by atoms with E-state index in [1.54, 1.807) is 0 Å². The molecule has 2 N–H and O–H groups in total. The number of thiophene rings is 1. The lowest BCUT2D eigenvalue weighted by atomic mass is 10.1. The number of rotatable bonds is 8. The van der Waals surface area contributed by atoms with Gasteiger partial charge in [-0.3, -0.25) is 4.79 Å². The van der Waals surface area contributed by atoms with Gasteiger partial charge in [0, 0.05) is 23.0 Å². The first-order valence-corrected chi connectivity index (χ1v) is 11.3. The maximum absolute atomic E-state index is 14.3. The van der Waals surface area contributed by atoms with Crippen LogP contribution < -0.4 is 5.73 Å². The topological polar surface area (TPSA) is 80.5 Å². The van der Waals surface area contributed by atoms with Crippen molar-refractivity contribution in [2.75, 3.05) is 0 Å². The Balaban J connectivity index is 2.52. The molecule has 160 valence electrons. The summed E-state index contributed by atoms with van der Waals surface area (Å²) in [6, 6.07) is 4.34. The number of halogens is 6. The van der Waals surface area contributed by atoms with E-state index in [0.717, 1.165) is 12.1 Å². The van der Waals surface area contributed by atoms with Gasteiger partial charge >= 0.3 is 6.18 Å². The van der Waals surface area contributed by atoms with Crippen LogP contribution in [0.3, 0.4) is 0 Å². The van der Waals surface area contributed by atoms with Gasteiger partial charge in [0.2, 0.25) is 5.91 Å². The van der Waals surface area contributed by atoms with Gasteiger partial charge in [0.1, 0.15) is 16.1 Å². The third-order valence-corrected chi connectivity index (χ3v) is 7.88. The van der Waals surface area contributed by atoms with Crippen molar-refractivity contribution in [2.24, 2.45) is 5.73 Å². The molecule has 0 saturated heterocycles. The first-order chi connectivity index (χ1) is 13.3. The Morgan fingerprint density at radius 1 is 1.28 bits per heavy atom. The zero-order valence-corrected chi connectivity index (χ0v) is 18.4. The summed E-state index contributed by atoms with van der Waals surface area (Å²) in [7, 11) is -4.50. The third kappa shape index (κ3) is 6.38. The van der Waals surface area contributed by atoms with Gasteiger partial charge in [-0.25, -0.2) is 12.8 Å². The molecule has 0 fully saturated rings. The molecule has 0 spiro atoms. The van der Waals surface area contributed by atoms with Crippen molar-refractivity contribution in [3.05, 3.63) is 50.5 Å². The Bertz CT molecular complexity index is 998. The molecule has 0 saturated carbocycles. The van der Waals surface area contributed by atoms with Crippen molar-refractivity contribution in [3.8, 4) is 0 Å². The first-order valence-electron chi connectivity index (χ1n) is 7.88. The number of carbonyl (C=O) groups excluding carboxylic acids is 1. The number of carbonyl (C=O) groups is 1. The summed E-state index contributed by atoms with van der Waals surface area (Å²) in [6.07, 6.45) is -6.99. The average Bonchev–Trinajstić information content (AvgIpc) is 3.01. The Morgan fingerprint density at radius 2 is 1.93 bits per heavy atom. The highest BCUT2D eigenvalue weighted by Gasteiger charge is 2.39. The molecular formula is C16H14BrClF4N2O3S2. The summed E-state index contributed by atoms with van der Waals surface area (Å²) in [6.45, 7) is -0.692. The lowest BCUT2D eigenvalue weighted by Crippen LogP contribution is -2.47. The zero-order chi connectivity index (χ0) is 22.0. The van der Waals surface area contributed by atoms with Crippen LogP contribution in [0.25, 0.3) is 0 Å². The lowest BCUT2D eigenvalue weighted by molar-refractivity contribution is -0.140. The molecule has 29 heavy (non-hydrogen) atoms. The van der Waals surface area contributed by atoms with E-state index in [2.05, 4.69) is 15.9 Å². The molecule has 0 aliphatic rings. The minimum atomic E-state index is -4.64. The number of hydrogen-bond donors (Lipinski definition) is 1. The maximum atomic E-state index is 14.3. The quantitative estimate of drug-likeness (QED) is 0.496. The smallest absolute Gasteiger partial charge is 0.368 e. The van der Waals surface area contributed by atoms with Crippen LogP contribution in [0.15, 0.2) is 39.0 Å². The fourth-order valence-electron chi connectivity index (χ4n) is 2.46. The molecule has 0 aliphatic carbocycles. The Labute approximate surface area is 181 Å². The van der Waals surface area contributed by atoms with Crippen molar-refractivity contribution in [1.29, 1.82) is 0 Å². The molecule has 1 heterocycles. The van der Waals surface area contributed by atoms with Crippen LogP contribution in [0.2, 0.25) is 4.34 Å². The van der Waals surface area contributed by atoms with Gasteiger partial charge in [-0.05, 0) is 30.7 Å². The van der Waals surface area contributed by atoms with Gasteiger partial charge in [-0.15, -0.1) is 11.3 Å². The molecule has 13 heteroatoms. The van der Waals surface area contributed by atoms with Crippen LogP contribution >= 0.6 is 38.9 Å². The number of nitrogens with zero attached hydrogens (tertiary/aromatic N) is 1. The summed E-state index contributed by atoms with van der Waals surface area (Å²) in [4.78, 5) is 11.9. The SMILES string of the molecule is NC(=O)C(CCC(F)(F)F)N(Cc1ccc(Br)cc1F)S(=O)(=O)c1ccc(Cl)s1. The van der Waals surface area contributed by atoms with Crippen LogP contribution in [-0.4, -0.2) is 30.8 Å². The first kappa shape index (κ1) is 24.1. The van der Waals surface area contributed by atoms with E-state index in [1.165, 1.54) is 18.2 Å². The molecule has 1 aromatic heterocycles. The van der Waals surface area contributed by atoms with Crippen LogP contribution in [0, 0.1) is 5.82 Å². The van der Waals surface area contributed by atoms with Gasteiger partial charge in [0.25, 0.3) is 10.0 Å². The van der Waals surface area contributed by atoms with Gasteiger partial charge in [0.15, 0.2) is 0 Å². The van der Waals surface area contributed by atoms with Gasteiger partial charge in [0.05, 0.1) is 4.34 Å². The molecule has 1 aromatic carbocycles. The minimum Gasteiger partial charge on any atom is -0.368 e. The third-order valence-electron chi connectivity index (χ3n) is 3.83. The summed E-state index contributed by atoms with van der Waals surface area (Å²) in [5.41, 5.74) is 5.09. The number of alkyl halides is 3. The number of amides is 1. The molecule has 5 nitrogen and oxygen atoms in total. The van der Waals surface area contributed by atoms with E-state index in [4.69, 9.17) is 17.3 Å². The maximum Gasteiger partial charge on any atom is 0.389 e. The summed E-state index contributed by atoms with van der Waals surface area (Å²) < 4.78 is 79.2. The molecule has 0 aliphatic heterocycles. The van der Waals surface area contributed by atoms with Crippen molar-refractivity contribution >= 4 is 54.8 Å². The highest BCUT2D eigenvalue weighted by molar-refractivity contribution is 9.10. The molecule has 1 amide bonds.